The zero-order chi connectivity index (χ0) is 20.1. The van der Waals surface area contributed by atoms with Crippen LogP contribution in [0.4, 0.5) is 13.2 Å². The Bertz CT molecular complexity index is 961. The molecular weight excluding hydrogens is 413 g/mol. The van der Waals surface area contributed by atoms with Crippen molar-refractivity contribution in [1.82, 2.24) is 10.3 Å². The lowest BCUT2D eigenvalue weighted by Crippen LogP contribution is -2.25. The number of alkyl halides is 3. The summed E-state index contributed by atoms with van der Waals surface area (Å²) in [5.41, 5.74) is 0.635. The van der Waals surface area contributed by atoms with Crippen molar-refractivity contribution in [1.29, 1.82) is 0 Å². The molecule has 1 N–H and O–H groups in total. The molecule has 0 saturated carbocycles. The topological polar surface area (TPSA) is 55.1 Å². The summed E-state index contributed by atoms with van der Waals surface area (Å²) in [6.07, 6.45) is -2.31. The van der Waals surface area contributed by atoms with E-state index in [2.05, 4.69) is 10.3 Å². The first-order chi connectivity index (χ1) is 13.4. The molecule has 0 unspecified atom stereocenters. The van der Waals surface area contributed by atoms with Crippen molar-refractivity contribution in [3.8, 4) is 11.1 Å². The van der Waals surface area contributed by atoms with Gasteiger partial charge in [0.2, 0.25) is 0 Å². The average Bonchev–Trinajstić information content (AvgIpc) is 3.16. The minimum absolute atomic E-state index is 0.0800. The second-order valence-corrected chi connectivity index (χ2v) is 7.13. The van der Waals surface area contributed by atoms with Crippen LogP contribution in [0.3, 0.4) is 0 Å². The van der Waals surface area contributed by atoms with Crippen molar-refractivity contribution in [2.24, 2.45) is 0 Å². The Morgan fingerprint density at radius 1 is 1.21 bits per heavy atom. The molecule has 9 heteroatoms. The molecule has 3 rings (SSSR count). The molecule has 1 aromatic carbocycles. The Labute approximate surface area is 168 Å². The van der Waals surface area contributed by atoms with E-state index in [0.717, 1.165) is 29.6 Å². The lowest BCUT2D eigenvalue weighted by Gasteiger charge is -2.09. The molecular formula is C19H14ClF3N2O2S. The van der Waals surface area contributed by atoms with Crippen LogP contribution in [-0.2, 0) is 6.18 Å². The van der Waals surface area contributed by atoms with Gasteiger partial charge in [-0.3, -0.25) is 4.79 Å². The van der Waals surface area contributed by atoms with Crippen molar-refractivity contribution < 1.29 is 22.4 Å². The zero-order valence-electron chi connectivity index (χ0n) is 14.3. The summed E-state index contributed by atoms with van der Waals surface area (Å²) >= 11 is 7.01. The number of nitrogens with zero attached hydrogens (tertiary/aromatic N) is 1. The molecule has 146 valence electrons. The quantitative estimate of drug-likeness (QED) is 0.415. The number of thioether (sulfide) groups is 1. The normalized spacial score (nSPS) is 11.4. The van der Waals surface area contributed by atoms with Gasteiger partial charge >= 0.3 is 6.18 Å². The highest BCUT2D eigenvalue weighted by atomic mass is 35.5. The third kappa shape index (κ3) is 4.88. The van der Waals surface area contributed by atoms with Gasteiger partial charge in [0.25, 0.3) is 5.91 Å². The SMILES string of the molecule is O=C(NCCSc1ncc(C(F)(F)F)cc1Cl)c1occc1-c1ccccc1. The van der Waals surface area contributed by atoms with E-state index < -0.39 is 11.7 Å². The van der Waals surface area contributed by atoms with Gasteiger partial charge in [-0.05, 0) is 17.7 Å². The van der Waals surface area contributed by atoms with E-state index in [1.165, 1.54) is 6.26 Å². The number of rotatable bonds is 6. The maximum Gasteiger partial charge on any atom is 0.417 e. The summed E-state index contributed by atoms with van der Waals surface area (Å²) in [6, 6.07) is 11.9. The van der Waals surface area contributed by atoms with Crippen LogP contribution in [0.5, 0.6) is 0 Å². The van der Waals surface area contributed by atoms with Crippen LogP contribution in [0.1, 0.15) is 16.1 Å². The second-order valence-electron chi connectivity index (χ2n) is 5.64. The number of pyridine rings is 1. The van der Waals surface area contributed by atoms with Gasteiger partial charge in [0.15, 0.2) is 5.76 Å². The molecule has 0 atom stereocenters. The van der Waals surface area contributed by atoms with Crippen LogP contribution >= 0.6 is 23.4 Å². The van der Waals surface area contributed by atoms with Crippen LogP contribution < -0.4 is 5.32 Å². The number of nitrogens with one attached hydrogen (secondary N) is 1. The van der Waals surface area contributed by atoms with E-state index in [1.54, 1.807) is 6.07 Å². The van der Waals surface area contributed by atoms with Gasteiger partial charge in [0, 0.05) is 24.1 Å². The summed E-state index contributed by atoms with van der Waals surface area (Å²) in [6.45, 7) is 0.261. The fraction of sp³-hybridized carbons (Fsp3) is 0.158. The number of hydrogen-bond acceptors (Lipinski definition) is 4. The number of benzene rings is 1. The largest absolute Gasteiger partial charge is 0.459 e. The zero-order valence-corrected chi connectivity index (χ0v) is 15.9. The van der Waals surface area contributed by atoms with Gasteiger partial charge in [0.1, 0.15) is 5.03 Å². The number of carbonyl (C=O) groups is 1. The molecule has 0 bridgehead atoms. The molecule has 0 saturated heterocycles. The lowest BCUT2D eigenvalue weighted by atomic mass is 10.1. The maximum atomic E-state index is 12.6. The monoisotopic (exact) mass is 426 g/mol. The summed E-state index contributed by atoms with van der Waals surface area (Å²) in [5, 5.41) is 2.91. The maximum absolute atomic E-state index is 12.6. The molecule has 2 aromatic heterocycles. The first-order valence-electron chi connectivity index (χ1n) is 8.13. The van der Waals surface area contributed by atoms with Gasteiger partial charge in [-0.15, -0.1) is 11.8 Å². The van der Waals surface area contributed by atoms with Gasteiger partial charge in [-0.2, -0.15) is 13.2 Å². The highest BCUT2D eigenvalue weighted by molar-refractivity contribution is 7.99. The summed E-state index contributed by atoms with van der Waals surface area (Å²) in [4.78, 5) is 16.1. The van der Waals surface area contributed by atoms with Crippen LogP contribution in [0.25, 0.3) is 11.1 Å². The van der Waals surface area contributed by atoms with E-state index in [-0.39, 0.29) is 28.3 Å². The minimum atomic E-state index is -4.49. The number of carbonyl (C=O) groups excluding carboxylic acids is 1. The van der Waals surface area contributed by atoms with E-state index in [0.29, 0.717) is 11.3 Å². The number of amides is 1. The number of aromatic nitrogens is 1. The summed E-state index contributed by atoms with van der Waals surface area (Å²) in [7, 11) is 0. The Kier molecular flexibility index (Phi) is 6.31. The van der Waals surface area contributed by atoms with Crippen molar-refractivity contribution in [3.05, 3.63) is 71.3 Å². The van der Waals surface area contributed by atoms with Gasteiger partial charge in [-0.25, -0.2) is 4.98 Å². The number of hydrogen-bond donors (Lipinski definition) is 1. The minimum Gasteiger partial charge on any atom is -0.459 e. The number of halogens is 4. The Hall–Kier alpha value is -2.45. The molecule has 1 amide bonds. The van der Waals surface area contributed by atoms with E-state index >= 15 is 0 Å². The van der Waals surface area contributed by atoms with Gasteiger partial charge < -0.3 is 9.73 Å². The number of furan rings is 1. The molecule has 0 fully saturated rings. The predicted molar refractivity (Wildman–Crippen MR) is 101 cm³/mol. The predicted octanol–water partition coefficient (Wildman–Crippen LogP) is 5.54. The molecule has 0 aliphatic heterocycles. The second kappa shape index (κ2) is 8.70. The van der Waals surface area contributed by atoms with Gasteiger partial charge in [-0.1, -0.05) is 41.9 Å². The summed E-state index contributed by atoms with van der Waals surface area (Å²) in [5.74, 6) is 0.198. The molecule has 4 nitrogen and oxygen atoms in total. The first-order valence-corrected chi connectivity index (χ1v) is 9.49. The van der Waals surface area contributed by atoms with Crippen LogP contribution in [0.2, 0.25) is 5.02 Å². The van der Waals surface area contributed by atoms with Crippen molar-refractivity contribution in [2.45, 2.75) is 11.2 Å². The molecule has 2 heterocycles. The highest BCUT2D eigenvalue weighted by Crippen LogP contribution is 2.33. The Morgan fingerprint density at radius 2 is 1.96 bits per heavy atom. The molecule has 0 spiro atoms. The van der Waals surface area contributed by atoms with Crippen molar-refractivity contribution >= 4 is 29.3 Å². The lowest BCUT2D eigenvalue weighted by molar-refractivity contribution is -0.137. The fourth-order valence-electron chi connectivity index (χ4n) is 2.41. The molecule has 3 aromatic rings. The molecule has 0 aliphatic carbocycles. The standard InChI is InChI=1S/C19H14ClF3N2O2S/c20-15-10-13(19(21,22)23)11-25-18(15)28-9-7-24-17(26)16-14(6-8-27-16)12-4-2-1-3-5-12/h1-6,8,10-11H,7,9H2,(H,24,26). The first kappa shape index (κ1) is 20.3. The van der Waals surface area contributed by atoms with Crippen LogP contribution in [-0.4, -0.2) is 23.2 Å². The van der Waals surface area contributed by atoms with Crippen LogP contribution in [0.15, 0.2) is 64.4 Å². The Morgan fingerprint density at radius 3 is 2.64 bits per heavy atom. The van der Waals surface area contributed by atoms with Crippen LogP contribution in [0, 0.1) is 0 Å². The molecule has 0 aliphatic rings. The molecule has 0 radical (unpaired) electrons. The average molecular weight is 427 g/mol. The van der Waals surface area contributed by atoms with E-state index in [9.17, 15) is 18.0 Å². The van der Waals surface area contributed by atoms with Crippen molar-refractivity contribution in [3.63, 3.8) is 0 Å². The Balaban J connectivity index is 1.55. The van der Waals surface area contributed by atoms with E-state index in [1.807, 2.05) is 30.3 Å². The highest BCUT2D eigenvalue weighted by Gasteiger charge is 2.31. The third-order valence-electron chi connectivity index (χ3n) is 3.72. The smallest absolute Gasteiger partial charge is 0.417 e. The molecule has 28 heavy (non-hydrogen) atoms. The van der Waals surface area contributed by atoms with Crippen molar-refractivity contribution in [2.75, 3.05) is 12.3 Å². The van der Waals surface area contributed by atoms with E-state index in [4.69, 9.17) is 16.0 Å². The third-order valence-corrected chi connectivity index (χ3v) is 5.12. The summed E-state index contributed by atoms with van der Waals surface area (Å²) < 4.78 is 43.2. The van der Waals surface area contributed by atoms with Gasteiger partial charge in [0.05, 0.1) is 16.8 Å². The fourth-order valence-corrected chi connectivity index (χ4v) is 3.46.